The van der Waals surface area contributed by atoms with Crippen molar-refractivity contribution in [2.24, 2.45) is 0 Å². The van der Waals surface area contributed by atoms with Gasteiger partial charge in [0, 0.05) is 0 Å². The van der Waals surface area contributed by atoms with E-state index in [1.165, 1.54) is 6.92 Å². The minimum atomic E-state index is -2.63. The molecule has 0 saturated heterocycles. The van der Waals surface area contributed by atoms with Gasteiger partial charge in [-0.1, -0.05) is 24.4 Å². The molecule has 0 saturated carbocycles. The van der Waals surface area contributed by atoms with Crippen LogP contribution in [0.25, 0.3) is 10.2 Å². The van der Waals surface area contributed by atoms with Crippen LogP contribution in [0.4, 0.5) is 0 Å². The van der Waals surface area contributed by atoms with Crippen molar-refractivity contribution in [2.75, 3.05) is 6.61 Å². The van der Waals surface area contributed by atoms with Gasteiger partial charge >= 0.3 is 0 Å². The summed E-state index contributed by atoms with van der Waals surface area (Å²) in [5.41, 5.74) is -2.14. The number of carbonyl (C=O) groups excluding carboxylic acids is 1. The van der Waals surface area contributed by atoms with E-state index >= 15 is 0 Å². The lowest BCUT2D eigenvalue weighted by molar-refractivity contribution is -0.172. The first-order chi connectivity index (χ1) is 11.2. The number of nitrogens with zero attached hydrogens (tertiary/aromatic N) is 1. The molecule has 4 atom stereocenters. The summed E-state index contributed by atoms with van der Waals surface area (Å²) >= 11 is 5.77. The fourth-order valence-corrected chi connectivity index (χ4v) is 3.47. The van der Waals surface area contributed by atoms with Crippen LogP contribution in [0.5, 0.6) is 0 Å². The largest absolute Gasteiger partial charge is 0.394 e. The van der Waals surface area contributed by atoms with Gasteiger partial charge in [-0.3, -0.25) is 4.79 Å². The summed E-state index contributed by atoms with van der Waals surface area (Å²) in [5.74, 6) is -1.01. The Hall–Kier alpha value is -1.33. The highest BCUT2D eigenvalue weighted by Gasteiger charge is 2.52. The van der Waals surface area contributed by atoms with Crippen LogP contribution in [0.1, 0.15) is 11.9 Å². The molecule has 0 radical (unpaired) electrons. The van der Waals surface area contributed by atoms with Gasteiger partial charge < -0.3 is 25.5 Å². The Balaban J connectivity index is 2.58. The first-order valence-electron chi connectivity index (χ1n) is 7.02. The molecule has 2 aromatic rings. The Kier molecular flexibility index (Phi) is 5.76. The van der Waals surface area contributed by atoms with Crippen molar-refractivity contribution in [3.8, 4) is 0 Å². The predicted octanol–water partition coefficient (Wildman–Crippen LogP) is -0.482. The number of carbonyl (C=O) groups is 1. The first kappa shape index (κ1) is 19.0. The second kappa shape index (κ2) is 7.28. The number of para-hydroxylation sites is 1. The van der Waals surface area contributed by atoms with Crippen molar-refractivity contribution in [2.45, 2.75) is 30.8 Å². The molecule has 1 aromatic heterocycles. The molecular weight excluding hydrogens is 354 g/mol. The number of thiazole rings is 1. The van der Waals surface area contributed by atoms with Crippen molar-refractivity contribution < 1.29 is 30.3 Å². The van der Waals surface area contributed by atoms with E-state index in [1.54, 1.807) is 24.3 Å². The SMILES string of the molecule is CC(=S)C(=O)C(O)(c1nc2ccccc2s1)C(O)C(O)C(O)CO. The lowest BCUT2D eigenvalue weighted by Crippen LogP contribution is -2.57. The molecule has 0 aliphatic rings. The van der Waals surface area contributed by atoms with Crippen LogP contribution >= 0.6 is 23.6 Å². The topological polar surface area (TPSA) is 131 Å². The molecule has 2 rings (SSSR count). The van der Waals surface area contributed by atoms with E-state index < -0.39 is 36.3 Å². The number of thiocarbonyl (C=S) groups is 1. The smallest absolute Gasteiger partial charge is 0.210 e. The molecule has 5 N–H and O–H groups in total. The number of fused-ring (bicyclic) bond motifs is 1. The third-order valence-corrected chi connectivity index (χ3v) is 4.97. The molecule has 0 aliphatic heterocycles. The fraction of sp³-hybridized carbons (Fsp3) is 0.400. The molecule has 4 unspecified atom stereocenters. The number of hydrogen-bond donors (Lipinski definition) is 5. The van der Waals surface area contributed by atoms with Crippen LogP contribution in [0.3, 0.4) is 0 Å². The molecule has 9 heteroatoms. The third kappa shape index (κ3) is 3.24. The molecular formula is C15H17NO6S2. The molecule has 1 aromatic carbocycles. The molecule has 7 nitrogen and oxygen atoms in total. The Bertz CT molecular complexity index is 730. The van der Waals surface area contributed by atoms with E-state index in [1.807, 2.05) is 0 Å². The van der Waals surface area contributed by atoms with Gasteiger partial charge in [0.05, 0.1) is 21.7 Å². The standard InChI is InChI=1S/C15H17NO6S2/c1-7(23)12(20)15(22,13(21)11(19)9(18)6-17)14-16-8-4-2-3-5-10(8)24-14/h2-5,9,11,13,17-19,21-22H,6H2,1H3. The molecule has 0 aliphatic carbocycles. The lowest BCUT2D eigenvalue weighted by atomic mass is 9.85. The summed E-state index contributed by atoms with van der Waals surface area (Å²) in [7, 11) is 0. The number of benzene rings is 1. The summed E-state index contributed by atoms with van der Waals surface area (Å²) < 4.78 is 0.658. The molecule has 1 heterocycles. The van der Waals surface area contributed by atoms with E-state index in [4.69, 9.17) is 17.3 Å². The number of rotatable bonds is 7. The van der Waals surface area contributed by atoms with Crippen molar-refractivity contribution in [1.82, 2.24) is 4.98 Å². The van der Waals surface area contributed by atoms with Gasteiger partial charge in [0.15, 0.2) is 0 Å². The van der Waals surface area contributed by atoms with Crippen molar-refractivity contribution in [1.29, 1.82) is 0 Å². The summed E-state index contributed by atoms with van der Waals surface area (Å²) in [6.45, 7) is 0.413. The number of aliphatic hydroxyl groups excluding tert-OH is 4. The van der Waals surface area contributed by atoms with Gasteiger partial charge in [0.2, 0.25) is 11.4 Å². The number of aromatic nitrogens is 1. The zero-order chi connectivity index (χ0) is 18.1. The average molecular weight is 371 g/mol. The third-order valence-electron chi connectivity index (χ3n) is 3.62. The van der Waals surface area contributed by atoms with Crippen LogP contribution in [-0.2, 0) is 10.4 Å². The van der Waals surface area contributed by atoms with Gasteiger partial charge in [0.1, 0.15) is 23.3 Å². The van der Waals surface area contributed by atoms with Gasteiger partial charge in [-0.15, -0.1) is 11.3 Å². The maximum Gasteiger partial charge on any atom is 0.210 e. The Labute approximate surface area is 146 Å². The van der Waals surface area contributed by atoms with Gasteiger partial charge in [-0.2, -0.15) is 0 Å². The quantitative estimate of drug-likeness (QED) is 0.412. The zero-order valence-electron chi connectivity index (χ0n) is 12.7. The molecule has 0 fully saturated rings. The highest BCUT2D eigenvalue weighted by molar-refractivity contribution is 7.82. The number of hydrogen-bond acceptors (Lipinski definition) is 9. The maximum atomic E-state index is 12.5. The molecule has 0 amide bonds. The van der Waals surface area contributed by atoms with Crippen molar-refractivity contribution in [3.63, 3.8) is 0 Å². The maximum absolute atomic E-state index is 12.5. The predicted molar refractivity (Wildman–Crippen MR) is 91.9 cm³/mol. The minimum Gasteiger partial charge on any atom is -0.394 e. The van der Waals surface area contributed by atoms with E-state index in [0.717, 1.165) is 11.3 Å². The zero-order valence-corrected chi connectivity index (χ0v) is 14.3. The molecule has 24 heavy (non-hydrogen) atoms. The van der Waals surface area contributed by atoms with Crippen LogP contribution in [-0.4, -0.2) is 66.1 Å². The van der Waals surface area contributed by atoms with Crippen LogP contribution in [0, 0.1) is 0 Å². The van der Waals surface area contributed by atoms with E-state index in [2.05, 4.69) is 4.98 Å². The Morgan fingerprint density at radius 3 is 2.50 bits per heavy atom. The minimum absolute atomic E-state index is 0.158. The van der Waals surface area contributed by atoms with E-state index in [9.17, 15) is 25.2 Å². The van der Waals surface area contributed by atoms with Crippen molar-refractivity contribution in [3.05, 3.63) is 29.3 Å². The highest BCUT2D eigenvalue weighted by atomic mass is 32.1. The second-order valence-corrected chi connectivity index (χ2v) is 6.97. The first-order valence-corrected chi connectivity index (χ1v) is 8.24. The van der Waals surface area contributed by atoms with E-state index in [0.29, 0.717) is 10.2 Å². The number of Topliss-reactive ketones (excluding diaryl/α,β-unsaturated/α-hetero) is 1. The summed E-state index contributed by atoms with van der Waals surface area (Å²) in [4.78, 5) is 16.4. The summed E-state index contributed by atoms with van der Waals surface area (Å²) in [6.07, 6.45) is -5.87. The Morgan fingerprint density at radius 1 is 1.33 bits per heavy atom. The van der Waals surface area contributed by atoms with Crippen molar-refractivity contribution >= 4 is 44.4 Å². The van der Waals surface area contributed by atoms with Gasteiger partial charge in [0.25, 0.3) is 0 Å². The lowest BCUT2D eigenvalue weighted by Gasteiger charge is -2.33. The van der Waals surface area contributed by atoms with E-state index in [-0.39, 0.29) is 9.87 Å². The molecule has 0 spiro atoms. The molecule has 130 valence electrons. The van der Waals surface area contributed by atoms with Gasteiger partial charge in [-0.25, -0.2) is 4.98 Å². The normalized spacial score (nSPS) is 17.9. The number of ketones is 1. The second-order valence-electron chi connectivity index (χ2n) is 5.32. The van der Waals surface area contributed by atoms with Crippen LogP contribution in [0.2, 0.25) is 0 Å². The van der Waals surface area contributed by atoms with Crippen LogP contribution < -0.4 is 0 Å². The van der Waals surface area contributed by atoms with Crippen LogP contribution in [0.15, 0.2) is 24.3 Å². The van der Waals surface area contributed by atoms with Gasteiger partial charge in [-0.05, 0) is 19.1 Å². The summed E-state index contributed by atoms with van der Waals surface area (Å²) in [6, 6.07) is 6.85. The summed E-state index contributed by atoms with van der Waals surface area (Å²) in [5, 5.41) is 49.5. The Morgan fingerprint density at radius 2 is 1.96 bits per heavy atom. The number of aliphatic hydroxyl groups is 5. The highest BCUT2D eigenvalue weighted by Crippen LogP contribution is 2.35. The monoisotopic (exact) mass is 371 g/mol. The fourth-order valence-electron chi connectivity index (χ4n) is 2.23. The molecule has 0 bridgehead atoms. The average Bonchev–Trinajstić information content (AvgIpc) is 3.02.